The van der Waals surface area contributed by atoms with Crippen molar-refractivity contribution in [1.29, 1.82) is 0 Å². The summed E-state index contributed by atoms with van der Waals surface area (Å²) in [5, 5.41) is 5.72. The summed E-state index contributed by atoms with van der Waals surface area (Å²) in [6.07, 6.45) is 19.3. The Balaban J connectivity index is 3.18. The average Bonchev–Trinajstić information content (AvgIpc) is 2.64. The van der Waals surface area contributed by atoms with E-state index in [4.69, 9.17) is 6.42 Å². The predicted molar refractivity (Wildman–Crippen MR) is 117 cm³/mol. The summed E-state index contributed by atoms with van der Waals surface area (Å²) in [5.74, 6) is 8.88. The Morgan fingerprint density at radius 1 is 1.39 bits per heavy atom. The molecule has 2 N–H and O–H groups in total. The van der Waals surface area contributed by atoms with Gasteiger partial charge in [-0.1, -0.05) is 61.6 Å². The lowest BCUT2D eigenvalue weighted by Gasteiger charge is -2.11. The van der Waals surface area contributed by atoms with Crippen molar-refractivity contribution in [2.24, 2.45) is 15.9 Å². The summed E-state index contributed by atoms with van der Waals surface area (Å²) in [7, 11) is 0. The second-order valence-corrected chi connectivity index (χ2v) is 5.72. The van der Waals surface area contributed by atoms with Gasteiger partial charge in [-0.25, -0.2) is 4.99 Å². The number of nitrogens with one attached hydrogen (secondary N) is 2. The SMILES string of the molecule is C#C/C=C\C(=C/C)NC(=NC(=C)NC(=O)CC)N=C(C)C1C#CC/C=C\C=C1. The van der Waals surface area contributed by atoms with E-state index in [0.717, 1.165) is 5.71 Å². The first-order valence-electron chi connectivity index (χ1n) is 9.00. The van der Waals surface area contributed by atoms with Crippen molar-refractivity contribution >= 4 is 17.6 Å². The van der Waals surface area contributed by atoms with Crippen molar-refractivity contribution in [3.8, 4) is 24.2 Å². The molecule has 1 atom stereocenters. The number of aliphatic imine (C=N–C) groups is 2. The largest absolute Gasteiger partial charge is 0.324 e. The minimum Gasteiger partial charge on any atom is -0.324 e. The van der Waals surface area contributed by atoms with E-state index in [1.165, 1.54) is 0 Å². The van der Waals surface area contributed by atoms with Gasteiger partial charge in [-0.3, -0.25) is 4.79 Å². The Hall–Kier alpha value is -3.57. The van der Waals surface area contributed by atoms with Gasteiger partial charge in [0.1, 0.15) is 5.82 Å². The summed E-state index contributed by atoms with van der Waals surface area (Å²) in [4.78, 5) is 20.5. The van der Waals surface area contributed by atoms with Crippen LogP contribution in [-0.4, -0.2) is 17.6 Å². The molecule has 0 saturated heterocycles. The lowest BCUT2D eigenvalue weighted by atomic mass is 10.0. The first kappa shape index (κ1) is 22.5. The van der Waals surface area contributed by atoms with Crippen LogP contribution in [0.15, 0.2) is 70.6 Å². The topological polar surface area (TPSA) is 65.8 Å². The number of hydrogen-bond donors (Lipinski definition) is 2. The fraction of sp³-hybridized carbons (Fsp3) is 0.261. The van der Waals surface area contributed by atoms with Crippen LogP contribution in [0.25, 0.3) is 0 Å². The highest BCUT2D eigenvalue weighted by Gasteiger charge is 2.09. The second-order valence-electron chi connectivity index (χ2n) is 5.72. The van der Waals surface area contributed by atoms with E-state index in [0.29, 0.717) is 18.5 Å². The van der Waals surface area contributed by atoms with E-state index in [2.05, 4.69) is 45.0 Å². The van der Waals surface area contributed by atoms with Crippen LogP contribution in [0.3, 0.4) is 0 Å². The van der Waals surface area contributed by atoms with Crippen molar-refractivity contribution in [2.45, 2.75) is 33.6 Å². The molecule has 0 radical (unpaired) electrons. The fourth-order valence-corrected chi connectivity index (χ4v) is 2.04. The van der Waals surface area contributed by atoms with Crippen LogP contribution in [0.1, 0.15) is 33.6 Å². The fourth-order valence-electron chi connectivity index (χ4n) is 2.04. The molecule has 0 aromatic heterocycles. The monoisotopic (exact) mass is 374 g/mol. The first-order valence-corrected chi connectivity index (χ1v) is 9.00. The molecule has 0 aliphatic heterocycles. The number of rotatable bonds is 6. The third kappa shape index (κ3) is 8.69. The Morgan fingerprint density at radius 3 is 2.86 bits per heavy atom. The Labute approximate surface area is 167 Å². The van der Waals surface area contributed by atoms with Gasteiger partial charge in [0.2, 0.25) is 11.9 Å². The minimum atomic E-state index is -0.173. The molecular formula is C23H26N4O. The number of carbonyl (C=O) groups is 1. The molecule has 0 aromatic carbocycles. The minimum absolute atomic E-state index is 0.134. The number of allylic oxidation sites excluding steroid dienone is 7. The van der Waals surface area contributed by atoms with Crippen LogP contribution in [0.5, 0.6) is 0 Å². The molecule has 0 fully saturated rings. The lowest BCUT2D eigenvalue weighted by molar-refractivity contribution is -0.120. The molecule has 0 spiro atoms. The Kier molecular flexibility index (Phi) is 10.2. The quantitative estimate of drug-likeness (QED) is 0.323. The average molecular weight is 374 g/mol. The molecule has 1 aliphatic carbocycles. The standard InChI is InChI=1S/C23H26N4O/c1-6-9-17-21(7-2)27-23(26-19(5)25-22(28)8-3)24-18(4)20-15-13-11-10-12-14-16-20/h1,7,9-11,13,15,17,20H,5,8,12H2,2-4H3,(H,25,28)(H,26,27)/b11-10-,15-13?,17-9-,21-7+,24-18?. The van der Waals surface area contributed by atoms with Crippen LogP contribution in [-0.2, 0) is 4.79 Å². The van der Waals surface area contributed by atoms with Gasteiger partial charge in [-0.05, 0) is 26.0 Å². The maximum absolute atomic E-state index is 11.6. The van der Waals surface area contributed by atoms with Gasteiger partial charge >= 0.3 is 0 Å². The highest BCUT2D eigenvalue weighted by molar-refractivity contribution is 6.00. The number of nitrogens with zero attached hydrogens (tertiary/aromatic N) is 2. The third-order valence-corrected chi connectivity index (χ3v) is 3.53. The van der Waals surface area contributed by atoms with Crippen LogP contribution >= 0.6 is 0 Å². The lowest BCUT2D eigenvalue weighted by Crippen LogP contribution is -2.26. The number of carbonyl (C=O) groups excluding carboxylic acids is 1. The third-order valence-electron chi connectivity index (χ3n) is 3.53. The van der Waals surface area contributed by atoms with Crippen LogP contribution in [0.2, 0.25) is 0 Å². The highest BCUT2D eigenvalue weighted by Crippen LogP contribution is 2.06. The molecule has 28 heavy (non-hydrogen) atoms. The first-order chi connectivity index (χ1) is 13.5. The molecule has 5 nitrogen and oxygen atoms in total. The zero-order chi connectivity index (χ0) is 20.8. The van der Waals surface area contributed by atoms with E-state index in [1.54, 1.807) is 19.1 Å². The maximum atomic E-state index is 11.6. The molecule has 0 heterocycles. The van der Waals surface area contributed by atoms with E-state index in [-0.39, 0.29) is 23.6 Å². The molecule has 5 heteroatoms. The molecular weight excluding hydrogens is 348 g/mol. The number of guanidine groups is 1. The summed E-state index contributed by atoms with van der Waals surface area (Å²) in [6.45, 7) is 9.27. The molecule has 1 unspecified atom stereocenters. The van der Waals surface area contributed by atoms with Crippen molar-refractivity contribution in [3.63, 3.8) is 0 Å². The normalized spacial score (nSPS) is 18.4. The summed E-state index contributed by atoms with van der Waals surface area (Å²) >= 11 is 0. The van der Waals surface area contributed by atoms with E-state index in [9.17, 15) is 4.79 Å². The zero-order valence-electron chi connectivity index (χ0n) is 16.6. The van der Waals surface area contributed by atoms with Gasteiger partial charge in [0, 0.05) is 24.3 Å². The molecule has 144 valence electrons. The van der Waals surface area contributed by atoms with Gasteiger partial charge in [0.25, 0.3) is 0 Å². The van der Waals surface area contributed by atoms with Crippen LogP contribution in [0, 0.1) is 30.1 Å². The number of amides is 1. The molecule has 0 aromatic rings. The van der Waals surface area contributed by atoms with Crippen LogP contribution in [0.4, 0.5) is 0 Å². The number of terminal acetylenes is 1. The van der Waals surface area contributed by atoms with Gasteiger partial charge in [-0.15, -0.1) is 6.42 Å². The van der Waals surface area contributed by atoms with Gasteiger partial charge < -0.3 is 10.6 Å². The number of hydrogen-bond acceptors (Lipinski definition) is 2. The van der Waals surface area contributed by atoms with Gasteiger partial charge in [0.05, 0.1) is 5.92 Å². The Morgan fingerprint density at radius 2 is 2.18 bits per heavy atom. The molecule has 1 amide bonds. The van der Waals surface area contributed by atoms with Crippen molar-refractivity contribution in [3.05, 3.63) is 60.6 Å². The molecule has 1 aliphatic rings. The molecule has 0 saturated carbocycles. The van der Waals surface area contributed by atoms with Crippen molar-refractivity contribution in [1.82, 2.24) is 10.6 Å². The smallest absolute Gasteiger partial charge is 0.229 e. The second kappa shape index (κ2) is 12.7. The van der Waals surface area contributed by atoms with E-state index >= 15 is 0 Å². The summed E-state index contributed by atoms with van der Waals surface area (Å²) < 4.78 is 0. The van der Waals surface area contributed by atoms with Gasteiger partial charge in [-0.2, -0.15) is 4.99 Å². The van der Waals surface area contributed by atoms with Crippen LogP contribution < -0.4 is 10.6 Å². The zero-order valence-corrected chi connectivity index (χ0v) is 16.6. The van der Waals surface area contributed by atoms with E-state index in [1.807, 2.05) is 44.2 Å². The summed E-state index contributed by atoms with van der Waals surface area (Å²) in [6, 6.07) is 0. The van der Waals surface area contributed by atoms with E-state index < -0.39 is 0 Å². The predicted octanol–water partition coefficient (Wildman–Crippen LogP) is 3.62. The molecule has 0 bridgehead atoms. The summed E-state index contributed by atoms with van der Waals surface area (Å²) in [5.41, 5.74) is 1.47. The van der Waals surface area contributed by atoms with Gasteiger partial charge in [0.15, 0.2) is 0 Å². The van der Waals surface area contributed by atoms with Crippen molar-refractivity contribution in [2.75, 3.05) is 0 Å². The molecule has 1 rings (SSSR count). The maximum Gasteiger partial charge on any atom is 0.229 e. The Bertz CT molecular complexity index is 865. The highest BCUT2D eigenvalue weighted by atomic mass is 16.1. The van der Waals surface area contributed by atoms with Crippen molar-refractivity contribution < 1.29 is 4.79 Å².